The molecule has 0 spiro atoms. The standard InChI is InChI=1S/C21H30N4S/c1-13-2-15-3-14(1)8-20(7-13,9-15)25-23-19(22-24-25)26-21-10-16-4-17(11-21)6-18(5-16)12-21/h13-18H,1-12H2. The molecule has 8 bridgehead atoms. The van der Waals surface area contributed by atoms with Crippen LogP contribution in [-0.4, -0.2) is 25.0 Å². The third-order valence-electron chi connectivity index (χ3n) is 9.12. The van der Waals surface area contributed by atoms with E-state index < -0.39 is 0 Å². The molecule has 1 heterocycles. The van der Waals surface area contributed by atoms with Crippen molar-refractivity contribution in [1.82, 2.24) is 20.2 Å². The number of tetrazole rings is 1. The SMILES string of the molecule is C1C2CC3CC1CC(Sc1nnn(C45CC6CC(CC(C6)C4)C5)n1)(C2)C3. The predicted octanol–water partition coefficient (Wildman–Crippen LogP) is 4.66. The van der Waals surface area contributed by atoms with E-state index in [1.165, 1.54) is 77.0 Å². The van der Waals surface area contributed by atoms with Gasteiger partial charge >= 0.3 is 0 Å². The van der Waals surface area contributed by atoms with Gasteiger partial charge in [-0.2, -0.15) is 4.80 Å². The van der Waals surface area contributed by atoms with E-state index in [1.54, 1.807) is 0 Å². The third-order valence-corrected chi connectivity index (χ3v) is 10.4. The van der Waals surface area contributed by atoms with E-state index in [0.717, 1.165) is 40.7 Å². The average Bonchev–Trinajstić information content (AvgIpc) is 3.01. The maximum Gasteiger partial charge on any atom is 0.231 e. The number of thioether (sulfide) groups is 1. The van der Waals surface area contributed by atoms with Crippen molar-refractivity contribution < 1.29 is 0 Å². The van der Waals surface area contributed by atoms with E-state index >= 15 is 0 Å². The highest BCUT2D eigenvalue weighted by Crippen LogP contribution is 2.62. The van der Waals surface area contributed by atoms with Crippen LogP contribution in [-0.2, 0) is 5.54 Å². The molecule has 8 fully saturated rings. The van der Waals surface area contributed by atoms with E-state index in [4.69, 9.17) is 5.10 Å². The van der Waals surface area contributed by atoms with Crippen LogP contribution in [0.2, 0.25) is 0 Å². The second kappa shape index (κ2) is 5.07. The van der Waals surface area contributed by atoms with Gasteiger partial charge in [-0.15, -0.1) is 10.2 Å². The van der Waals surface area contributed by atoms with Gasteiger partial charge in [0.25, 0.3) is 0 Å². The Kier molecular flexibility index (Phi) is 2.99. The van der Waals surface area contributed by atoms with Gasteiger partial charge in [0.1, 0.15) is 0 Å². The van der Waals surface area contributed by atoms with Crippen molar-refractivity contribution >= 4 is 11.8 Å². The Bertz CT molecular complexity index is 670. The number of hydrogen-bond donors (Lipinski definition) is 0. The summed E-state index contributed by atoms with van der Waals surface area (Å²) in [6, 6.07) is 0. The maximum atomic E-state index is 5.03. The lowest BCUT2D eigenvalue weighted by atomic mass is 9.53. The molecule has 0 saturated heterocycles. The molecule has 1 aromatic heterocycles. The van der Waals surface area contributed by atoms with Crippen molar-refractivity contribution in [2.24, 2.45) is 35.5 Å². The van der Waals surface area contributed by atoms with E-state index in [2.05, 4.69) is 15.1 Å². The first-order valence-corrected chi connectivity index (χ1v) is 12.0. The van der Waals surface area contributed by atoms with E-state index in [-0.39, 0.29) is 5.54 Å². The van der Waals surface area contributed by atoms with Crippen molar-refractivity contribution in [3.8, 4) is 0 Å². The molecule has 0 aromatic carbocycles. The first kappa shape index (κ1) is 15.4. The Labute approximate surface area is 160 Å². The molecule has 0 aliphatic heterocycles. The zero-order valence-electron chi connectivity index (χ0n) is 15.6. The lowest BCUT2D eigenvalue weighted by molar-refractivity contribution is -0.0577. The van der Waals surface area contributed by atoms with Gasteiger partial charge in [-0.3, -0.25) is 0 Å². The minimum atomic E-state index is 0.224. The maximum absolute atomic E-state index is 5.03. The van der Waals surface area contributed by atoms with Crippen LogP contribution >= 0.6 is 11.8 Å². The molecule has 26 heavy (non-hydrogen) atoms. The molecule has 8 aliphatic carbocycles. The van der Waals surface area contributed by atoms with Crippen molar-refractivity contribution in [1.29, 1.82) is 0 Å². The smallest absolute Gasteiger partial charge is 0.157 e. The zero-order chi connectivity index (χ0) is 16.9. The van der Waals surface area contributed by atoms with Crippen LogP contribution in [0.4, 0.5) is 0 Å². The fraction of sp³-hybridized carbons (Fsp3) is 0.952. The van der Waals surface area contributed by atoms with E-state index in [0.29, 0.717) is 4.75 Å². The first-order chi connectivity index (χ1) is 12.7. The Morgan fingerprint density at radius 3 is 1.65 bits per heavy atom. The Morgan fingerprint density at radius 1 is 0.692 bits per heavy atom. The molecular weight excluding hydrogens is 340 g/mol. The molecular formula is C21H30N4S. The quantitative estimate of drug-likeness (QED) is 0.776. The van der Waals surface area contributed by atoms with E-state index in [9.17, 15) is 0 Å². The Morgan fingerprint density at radius 2 is 1.15 bits per heavy atom. The summed E-state index contributed by atoms with van der Waals surface area (Å²) >= 11 is 2.02. The average molecular weight is 371 g/mol. The highest BCUT2D eigenvalue weighted by molar-refractivity contribution is 8.00. The van der Waals surface area contributed by atoms with Gasteiger partial charge in [0, 0.05) is 4.75 Å². The molecule has 0 amide bonds. The molecule has 4 nitrogen and oxygen atoms in total. The van der Waals surface area contributed by atoms with Crippen molar-refractivity contribution in [3.05, 3.63) is 0 Å². The summed E-state index contributed by atoms with van der Waals surface area (Å²) in [6.07, 6.45) is 17.1. The highest BCUT2D eigenvalue weighted by atomic mass is 32.2. The van der Waals surface area contributed by atoms with E-state index in [1.807, 2.05) is 11.8 Å². The Hall–Kier alpha value is -0.580. The van der Waals surface area contributed by atoms with Crippen LogP contribution in [0, 0.1) is 35.5 Å². The molecule has 9 rings (SSSR count). The minimum absolute atomic E-state index is 0.224. The molecule has 1 aromatic rings. The van der Waals surface area contributed by atoms with Gasteiger partial charge in [0.2, 0.25) is 5.16 Å². The van der Waals surface area contributed by atoms with Crippen LogP contribution in [0.25, 0.3) is 0 Å². The Balaban J connectivity index is 1.16. The van der Waals surface area contributed by atoms with Gasteiger partial charge in [-0.1, -0.05) is 11.8 Å². The number of nitrogens with zero attached hydrogens (tertiary/aromatic N) is 4. The molecule has 0 atom stereocenters. The van der Waals surface area contributed by atoms with Gasteiger partial charge in [0.15, 0.2) is 0 Å². The molecule has 0 unspecified atom stereocenters. The minimum Gasteiger partial charge on any atom is -0.157 e. The van der Waals surface area contributed by atoms with Crippen molar-refractivity contribution in [3.63, 3.8) is 0 Å². The number of hydrogen-bond acceptors (Lipinski definition) is 4. The van der Waals surface area contributed by atoms with Crippen LogP contribution in [0.15, 0.2) is 5.16 Å². The fourth-order valence-electron chi connectivity index (χ4n) is 9.10. The molecule has 140 valence electrons. The van der Waals surface area contributed by atoms with Gasteiger partial charge in [-0.25, -0.2) is 0 Å². The topological polar surface area (TPSA) is 43.6 Å². The predicted molar refractivity (Wildman–Crippen MR) is 101 cm³/mol. The van der Waals surface area contributed by atoms with Gasteiger partial charge < -0.3 is 0 Å². The number of aromatic nitrogens is 4. The molecule has 8 saturated carbocycles. The molecule has 8 aliphatic rings. The van der Waals surface area contributed by atoms with Crippen LogP contribution < -0.4 is 0 Å². The third kappa shape index (κ3) is 2.18. The van der Waals surface area contributed by atoms with Crippen molar-refractivity contribution in [2.45, 2.75) is 92.5 Å². The molecule has 5 heteroatoms. The summed E-state index contributed by atoms with van der Waals surface area (Å²) < 4.78 is 0.448. The monoisotopic (exact) mass is 370 g/mol. The highest BCUT2D eigenvalue weighted by Gasteiger charge is 2.54. The lowest BCUT2D eigenvalue weighted by Gasteiger charge is -2.56. The second-order valence-electron chi connectivity index (χ2n) is 11.2. The van der Waals surface area contributed by atoms with Crippen LogP contribution in [0.5, 0.6) is 0 Å². The summed E-state index contributed by atoms with van der Waals surface area (Å²) in [6.45, 7) is 0. The second-order valence-corrected chi connectivity index (χ2v) is 12.6. The first-order valence-electron chi connectivity index (χ1n) is 11.1. The van der Waals surface area contributed by atoms with Crippen LogP contribution in [0.3, 0.4) is 0 Å². The molecule has 0 radical (unpaired) electrons. The van der Waals surface area contributed by atoms with Crippen molar-refractivity contribution in [2.75, 3.05) is 0 Å². The summed E-state index contributed by atoms with van der Waals surface area (Å²) in [5, 5.41) is 15.3. The lowest BCUT2D eigenvalue weighted by Crippen LogP contribution is -2.52. The largest absolute Gasteiger partial charge is 0.231 e. The summed E-state index contributed by atoms with van der Waals surface area (Å²) in [4.78, 5) is 2.11. The molecule has 0 N–H and O–H groups in total. The summed E-state index contributed by atoms with van der Waals surface area (Å²) in [5.74, 6) is 5.79. The summed E-state index contributed by atoms with van der Waals surface area (Å²) in [5.41, 5.74) is 0.224. The zero-order valence-corrected chi connectivity index (χ0v) is 16.5. The normalized spacial score (nSPS) is 53.5. The summed E-state index contributed by atoms with van der Waals surface area (Å²) in [7, 11) is 0. The van der Waals surface area contributed by atoms with Gasteiger partial charge in [0.05, 0.1) is 5.54 Å². The number of rotatable bonds is 3. The van der Waals surface area contributed by atoms with Gasteiger partial charge in [-0.05, 0) is 118 Å². The fourth-order valence-corrected chi connectivity index (χ4v) is 10.6. The van der Waals surface area contributed by atoms with Crippen LogP contribution in [0.1, 0.15) is 77.0 Å².